The summed E-state index contributed by atoms with van der Waals surface area (Å²) in [6.45, 7) is 5.24. The van der Waals surface area contributed by atoms with Gasteiger partial charge >= 0.3 is 0 Å². The minimum absolute atomic E-state index is 0.308. The number of H-pyrrole nitrogens is 1. The van der Waals surface area contributed by atoms with Gasteiger partial charge in [0.1, 0.15) is 0 Å². The van der Waals surface area contributed by atoms with Crippen LogP contribution in [0, 0.1) is 0 Å². The standard InChI is InChI=1S/C27H26N6O3S/c34-25-21(18-15-28-20-7-14-37-24(18)20)22(26(35)31-25)23-17-3-1-2-4-19(17)29-27(30-23)33-8-5-16(6-9-33)32-10-12-36-13-11-32/h1-4,7,14-16,28H,5-6,8-13H2,(H,31,34,35). The van der Waals surface area contributed by atoms with Crippen molar-refractivity contribution < 1.29 is 14.3 Å². The summed E-state index contributed by atoms with van der Waals surface area (Å²) in [6, 6.07) is 10.2. The van der Waals surface area contributed by atoms with Crippen LogP contribution in [-0.4, -0.2) is 77.1 Å². The lowest BCUT2D eigenvalue weighted by molar-refractivity contribution is -0.122. The molecule has 6 heterocycles. The molecule has 2 N–H and O–H groups in total. The molecule has 2 saturated heterocycles. The lowest BCUT2D eigenvalue weighted by Gasteiger charge is -2.40. The fraction of sp³-hybridized carbons (Fsp3) is 0.333. The monoisotopic (exact) mass is 514 g/mol. The van der Waals surface area contributed by atoms with Gasteiger partial charge in [-0.05, 0) is 30.4 Å². The highest BCUT2D eigenvalue weighted by Gasteiger charge is 2.36. The number of aromatic amines is 1. The fourth-order valence-electron chi connectivity index (χ4n) is 5.74. The predicted molar refractivity (Wildman–Crippen MR) is 143 cm³/mol. The van der Waals surface area contributed by atoms with Gasteiger partial charge in [-0.1, -0.05) is 18.2 Å². The Labute approximate surface area is 217 Å². The number of thiophene rings is 1. The SMILES string of the molecule is O=C1NC(=O)C(c2c[nH]c3ccsc23)=C1c1nc(N2CCC(N3CCOCC3)CC2)nc2ccccc12. The number of benzene rings is 1. The van der Waals surface area contributed by atoms with E-state index in [2.05, 4.69) is 20.1 Å². The number of morpholine rings is 1. The second kappa shape index (κ2) is 9.05. The summed E-state index contributed by atoms with van der Waals surface area (Å²) in [5.74, 6) is -0.222. The van der Waals surface area contributed by atoms with E-state index in [4.69, 9.17) is 14.7 Å². The number of nitrogens with zero attached hydrogens (tertiary/aromatic N) is 4. The smallest absolute Gasteiger partial charge is 0.261 e. The molecule has 3 aliphatic heterocycles. The summed E-state index contributed by atoms with van der Waals surface area (Å²) < 4.78 is 6.47. The fourth-order valence-corrected chi connectivity index (χ4v) is 6.62. The van der Waals surface area contributed by atoms with E-state index in [1.807, 2.05) is 35.7 Å². The molecule has 2 fully saturated rings. The number of piperidine rings is 1. The summed E-state index contributed by atoms with van der Waals surface area (Å²) in [5, 5.41) is 5.24. The maximum atomic E-state index is 13.2. The van der Waals surface area contributed by atoms with Crippen molar-refractivity contribution in [1.82, 2.24) is 25.2 Å². The summed E-state index contributed by atoms with van der Waals surface area (Å²) in [4.78, 5) is 44.1. The number of hydrogen-bond donors (Lipinski definition) is 2. The van der Waals surface area contributed by atoms with E-state index in [-0.39, 0.29) is 0 Å². The van der Waals surface area contributed by atoms with Gasteiger partial charge in [0.2, 0.25) is 5.95 Å². The third-order valence-corrected chi connectivity index (χ3v) is 8.57. The van der Waals surface area contributed by atoms with Crippen molar-refractivity contribution in [3.05, 3.63) is 53.2 Å². The number of imide groups is 1. The molecule has 3 aliphatic rings. The van der Waals surface area contributed by atoms with Crippen molar-refractivity contribution in [1.29, 1.82) is 0 Å². The van der Waals surface area contributed by atoms with Crippen molar-refractivity contribution in [2.45, 2.75) is 18.9 Å². The third-order valence-electron chi connectivity index (χ3n) is 7.62. The number of nitrogens with one attached hydrogen (secondary N) is 2. The summed E-state index contributed by atoms with van der Waals surface area (Å²) in [7, 11) is 0. The van der Waals surface area contributed by atoms with Crippen molar-refractivity contribution in [2.75, 3.05) is 44.3 Å². The van der Waals surface area contributed by atoms with Crippen LogP contribution in [0.25, 0.3) is 32.3 Å². The molecule has 1 aromatic carbocycles. The number of carbonyl (C=O) groups is 2. The molecule has 0 atom stereocenters. The summed E-state index contributed by atoms with van der Waals surface area (Å²) in [5.41, 5.74) is 3.59. The van der Waals surface area contributed by atoms with Crippen LogP contribution in [0.3, 0.4) is 0 Å². The molecule has 37 heavy (non-hydrogen) atoms. The summed E-state index contributed by atoms with van der Waals surface area (Å²) >= 11 is 1.54. The van der Waals surface area contributed by atoms with Gasteiger partial charge in [0.25, 0.3) is 11.8 Å². The van der Waals surface area contributed by atoms with Gasteiger partial charge in [-0.3, -0.25) is 19.8 Å². The normalized spacial score (nSPS) is 19.9. The van der Waals surface area contributed by atoms with Crippen LogP contribution in [0.1, 0.15) is 24.1 Å². The molecular weight excluding hydrogens is 488 g/mol. The Hall–Kier alpha value is -3.60. The second-order valence-corrected chi connectivity index (χ2v) is 10.6. The third kappa shape index (κ3) is 3.83. The van der Waals surface area contributed by atoms with Crippen LogP contribution in [0.2, 0.25) is 0 Å². The Morgan fingerprint density at radius 3 is 2.57 bits per heavy atom. The molecule has 0 bridgehead atoms. The van der Waals surface area contributed by atoms with E-state index in [1.165, 1.54) is 11.3 Å². The number of rotatable bonds is 4. The summed E-state index contributed by atoms with van der Waals surface area (Å²) in [6.07, 6.45) is 3.85. The average Bonchev–Trinajstić information content (AvgIpc) is 3.63. The lowest BCUT2D eigenvalue weighted by Crippen LogP contribution is -2.49. The first-order valence-electron chi connectivity index (χ1n) is 12.7. The van der Waals surface area contributed by atoms with Gasteiger partial charge in [0.15, 0.2) is 0 Å². The topological polar surface area (TPSA) is 103 Å². The Bertz CT molecular complexity index is 1560. The number of ether oxygens (including phenoxy) is 1. The highest BCUT2D eigenvalue weighted by Crippen LogP contribution is 2.38. The van der Waals surface area contributed by atoms with E-state index in [9.17, 15) is 9.59 Å². The molecule has 3 aromatic heterocycles. The van der Waals surface area contributed by atoms with Gasteiger partial charge in [0.05, 0.1) is 45.8 Å². The molecule has 0 spiro atoms. The van der Waals surface area contributed by atoms with E-state index in [0.717, 1.165) is 78.9 Å². The first-order valence-corrected chi connectivity index (χ1v) is 13.5. The van der Waals surface area contributed by atoms with Crippen molar-refractivity contribution >= 4 is 61.4 Å². The first kappa shape index (κ1) is 22.6. The van der Waals surface area contributed by atoms with E-state index < -0.39 is 11.8 Å². The van der Waals surface area contributed by atoms with Gasteiger partial charge < -0.3 is 14.6 Å². The lowest BCUT2D eigenvalue weighted by atomic mass is 9.98. The number of anilines is 1. The highest BCUT2D eigenvalue weighted by molar-refractivity contribution is 7.17. The zero-order valence-electron chi connectivity index (χ0n) is 20.2. The van der Waals surface area contributed by atoms with Gasteiger partial charge in [0, 0.05) is 49.4 Å². The first-order chi connectivity index (χ1) is 18.2. The zero-order valence-corrected chi connectivity index (χ0v) is 21.0. The Morgan fingerprint density at radius 1 is 0.946 bits per heavy atom. The maximum Gasteiger partial charge on any atom is 0.261 e. The van der Waals surface area contributed by atoms with Crippen molar-refractivity contribution in [2.24, 2.45) is 0 Å². The molecular formula is C27H26N6O3S. The molecule has 7 rings (SSSR count). The van der Waals surface area contributed by atoms with Crippen LogP contribution in [0.5, 0.6) is 0 Å². The quantitative estimate of drug-likeness (QED) is 0.404. The molecule has 9 nitrogen and oxygen atoms in total. The largest absolute Gasteiger partial charge is 0.379 e. The second-order valence-electron chi connectivity index (χ2n) is 9.65. The van der Waals surface area contributed by atoms with Gasteiger partial charge in [-0.2, -0.15) is 0 Å². The van der Waals surface area contributed by atoms with Crippen LogP contribution in [0.4, 0.5) is 5.95 Å². The van der Waals surface area contributed by atoms with E-state index in [0.29, 0.717) is 28.8 Å². The molecule has 0 radical (unpaired) electrons. The Morgan fingerprint density at radius 2 is 1.73 bits per heavy atom. The Kier molecular flexibility index (Phi) is 5.53. The van der Waals surface area contributed by atoms with E-state index in [1.54, 1.807) is 6.20 Å². The average molecular weight is 515 g/mol. The van der Waals surface area contributed by atoms with Crippen molar-refractivity contribution in [3.8, 4) is 0 Å². The minimum Gasteiger partial charge on any atom is -0.379 e. The molecule has 0 aliphatic carbocycles. The Balaban J connectivity index is 1.31. The maximum absolute atomic E-state index is 13.2. The van der Waals surface area contributed by atoms with E-state index >= 15 is 0 Å². The molecule has 10 heteroatoms. The number of amides is 2. The predicted octanol–water partition coefficient (Wildman–Crippen LogP) is 3.04. The molecule has 0 saturated carbocycles. The van der Waals surface area contributed by atoms with Crippen molar-refractivity contribution in [3.63, 3.8) is 0 Å². The highest BCUT2D eigenvalue weighted by atomic mass is 32.1. The number of hydrogen-bond acceptors (Lipinski definition) is 8. The molecule has 2 amide bonds. The molecule has 4 aromatic rings. The number of fused-ring (bicyclic) bond motifs is 2. The molecule has 0 unspecified atom stereocenters. The van der Waals surface area contributed by atoms with Gasteiger partial charge in [-0.15, -0.1) is 11.3 Å². The van der Waals surface area contributed by atoms with Crippen LogP contribution in [0.15, 0.2) is 41.9 Å². The number of para-hydroxylation sites is 1. The van der Waals surface area contributed by atoms with Crippen LogP contribution < -0.4 is 10.2 Å². The van der Waals surface area contributed by atoms with Crippen LogP contribution in [-0.2, 0) is 14.3 Å². The number of aromatic nitrogens is 3. The van der Waals surface area contributed by atoms with Gasteiger partial charge in [-0.25, -0.2) is 9.97 Å². The molecule has 188 valence electrons. The minimum atomic E-state index is -0.424. The zero-order chi connectivity index (χ0) is 24.9. The number of carbonyl (C=O) groups excluding carboxylic acids is 2. The van der Waals surface area contributed by atoms with Crippen LogP contribution >= 0.6 is 11.3 Å².